The summed E-state index contributed by atoms with van der Waals surface area (Å²) in [6.45, 7) is 9.50. The average molecular weight is 217 g/mol. The number of unbranched alkanes of at least 4 members (excludes halogenated alkanes) is 1. The fraction of sp³-hybridized carbons (Fsp3) is 1.00. The summed E-state index contributed by atoms with van der Waals surface area (Å²) in [5.74, 6) is 0.542. The molecule has 2 unspecified atom stereocenters. The highest BCUT2D eigenvalue weighted by atomic mass is 16.5. The van der Waals surface area contributed by atoms with Gasteiger partial charge in [0.25, 0.3) is 0 Å². The highest BCUT2D eigenvalue weighted by Crippen LogP contribution is 2.11. The maximum Gasteiger partial charge on any atom is 0.0505 e. The molecule has 0 aliphatic carbocycles. The summed E-state index contributed by atoms with van der Waals surface area (Å²) < 4.78 is 5.08. The van der Waals surface area contributed by atoms with E-state index in [0.717, 1.165) is 19.4 Å². The van der Waals surface area contributed by atoms with Crippen molar-refractivity contribution < 1.29 is 4.74 Å². The van der Waals surface area contributed by atoms with Crippen LogP contribution < -0.4 is 5.73 Å². The molecule has 94 valence electrons. The van der Waals surface area contributed by atoms with Gasteiger partial charge in [-0.15, -0.1) is 0 Å². The third-order valence-electron chi connectivity index (χ3n) is 2.63. The van der Waals surface area contributed by atoms with E-state index in [9.17, 15) is 0 Å². The Morgan fingerprint density at radius 1 is 1.00 bits per heavy atom. The van der Waals surface area contributed by atoms with Gasteiger partial charge in [0.05, 0.1) is 6.61 Å². The third kappa shape index (κ3) is 11.8. The second-order valence-corrected chi connectivity index (χ2v) is 4.08. The maximum atomic E-state index is 5.95. The molecule has 0 rings (SSSR count). The van der Waals surface area contributed by atoms with E-state index in [1.54, 1.807) is 7.11 Å². The summed E-state index contributed by atoms with van der Waals surface area (Å²) in [6.07, 6.45) is 6.04. The second-order valence-electron chi connectivity index (χ2n) is 4.08. The summed E-state index contributed by atoms with van der Waals surface area (Å²) in [6, 6.07) is 0.324. The lowest BCUT2D eigenvalue weighted by Gasteiger charge is -2.20. The SMILES string of the molecule is CCCC.CCCC(N)C(CC)COC. The second kappa shape index (κ2) is 13.9. The Bertz CT molecular complexity index is 105. The number of hydrogen-bond donors (Lipinski definition) is 1. The molecular formula is C13H31NO. The first kappa shape index (κ1) is 17.3. The van der Waals surface area contributed by atoms with Gasteiger partial charge in [-0.25, -0.2) is 0 Å². The summed E-state index contributed by atoms with van der Waals surface area (Å²) in [4.78, 5) is 0. The van der Waals surface area contributed by atoms with E-state index in [0.29, 0.717) is 12.0 Å². The van der Waals surface area contributed by atoms with Crippen molar-refractivity contribution in [2.45, 2.75) is 65.8 Å². The fourth-order valence-electron chi connectivity index (χ4n) is 1.33. The molecule has 0 saturated heterocycles. The Balaban J connectivity index is 0. The van der Waals surface area contributed by atoms with Gasteiger partial charge in [0.15, 0.2) is 0 Å². The lowest BCUT2D eigenvalue weighted by Crippen LogP contribution is -2.32. The van der Waals surface area contributed by atoms with Crippen molar-refractivity contribution >= 4 is 0 Å². The van der Waals surface area contributed by atoms with Crippen molar-refractivity contribution in [1.82, 2.24) is 0 Å². The quantitative estimate of drug-likeness (QED) is 0.707. The van der Waals surface area contributed by atoms with E-state index in [1.807, 2.05) is 0 Å². The normalized spacial score (nSPS) is 14.0. The Morgan fingerprint density at radius 2 is 1.53 bits per heavy atom. The molecule has 2 N–H and O–H groups in total. The van der Waals surface area contributed by atoms with Gasteiger partial charge in [0.1, 0.15) is 0 Å². The van der Waals surface area contributed by atoms with Crippen LogP contribution in [0, 0.1) is 5.92 Å². The number of rotatable bonds is 7. The van der Waals surface area contributed by atoms with Gasteiger partial charge in [-0.05, 0) is 18.8 Å². The number of methoxy groups -OCH3 is 1. The molecule has 2 atom stereocenters. The smallest absolute Gasteiger partial charge is 0.0505 e. The number of hydrogen-bond acceptors (Lipinski definition) is 2. The van der Waals surface area contributed by atoms with E-state index in [2.05, 4.69) is 27.7 Å². The zero-order valence-corrected chi connectivity index (χ0v) is 11.4. The van der Waals surface area contributed by atoms with Crippen LogP contribution in [0.4, 0.5) is 0 Å². The molecule has 0 bridgehead atoms. The van der Waals surface area contributed by atoms with Gasteiger partial charge in [0.2, 0.25) is 0 Å². The van der Waals surface area contributed by atoms with Crippen molar-refractivity contribution in [3.05, 3.63) is 0 Å². The van der Waals surface area contributed by atoms with E-state index in [4.69, 9.17) is 10.5 Å². The predicted octanol–water partition coefficient (Wildman–Crippen LogP) is 3.59. The van der Waals surface area contributed by atoms with Crippen LogP contribution in [0.15, 0.2) is 0 Å². The molecular weight excluding hydrogens is 186 g/mol. The Hall–Kier alpha value is -0.0800. The summed E-state index contributed by atoms with van der Waals surface area (Å²) >= 11 is 0. The highest BCUT2D eigenvalue weighted by Gasteiger charge is 2.13. The van der Waals surface area contributed by atoms with Crippen molar-refractivity contribution in [3.63, 3.8) is 0 Å². The molecule has 0 aliphatic heterocycles. The molecule has 0 heterocycles. The fourth-order valence-corrected chi connectivity index (χ4v) is 1.33. The Kier molecular flexibility index (Phi) is 16.1. The topological polar surface area (TPSA) is 35.2 Å². The zero-order chi connectivity index (χ0) is 12.1. The lowest BCUT2D eigenvalue weighted by atomic mass is 9.95. The predicted molar refractivity (Wildman–Crippen MR) is 69.1 cm³/mol. The summed E-state index contributed by atoms with van der Waals surface area (Å²) in [7, 11) is 1.74. The van der Waals surface area contributed by atoms with Gasteiger partial charge in [-0.2, -0.15) is 0 Å². The number of nitrogens with two attached hydrogens (primary N) is 1. The van der Waals surface area contributed by atoms with Crippen molar-refractivity contribution in [3.8, 4) is 0 Å². The van der Waals surface area contributed by atoms with Gasteiger partial charge in [-0.3, -0.25) is 0 Å². The summed E-state index contributed by atoms with van der Waals surface area (Å²) in [5.41, 5.74) is 5.95. The first-order valence-corrected chi connectivity index (χ1v) is 6.42. The van der Waals surface area contributed by atoms with E-state index < -0.39 is 0 Å². The standard InChI is InChI=1S/C9H21NO.C4H10/c1-4-6-9(10)8(5-2)7-11-3;1-3-4-2/h8-9H,4-7,10H2,1-3H3;3-4H2,1-2H3. The van der Waals surface area contributed by atoms with E-state index in [-0.39, 0.29) is 0 Å². The molecule has 2 heteroatoms. The molecule has 0 aromatic rings. The van der Waals surface area contributed by atoms with Crippen LogP contribution in [0.5, 0.6) is 0 Å². The molecule has 2 nitrogen and oxygen atoms in total. The first-order chi connectivity index (χ1) is 7.17. The first-order valence-electron chi connectivity index (χ1n) is 6.42. The monoisotopic (exact) mass is 217 g/mol. The molecule has 0 aliphatic rings. The van der Waals surface area contributed by atoms with Crippen LogP contribution in [0.25, 0.3) is 0 Å². The molecule has 0 aromatic heterocycles. The highest BCUT2D eigenvalue weighted by molar-refractivity contribution is 4.70. The summed E-state index contributed by atoms with van der Waals surface area (Å²) in [5, 5.41) is 0. The van der Waals surface area contributed by atoms with Crippen LogP contribution in [-0.2, 0) is 4.74 Å². The molecule has 0 aromatic carbocycles. The van der Waals surface area contributed by atoms with Crippen LogP contribution in [0.1, 0.15) is 59.8 Å². The molecule has 0 spiro atoms. The van der Waals surface area contributed by atoms with Crippen molar-refractivity contribution in [1.29, 1.82) is 0 Å². The minimum atomic E-state index is 0.324. The van der Waals surface area contributed by atoms with Gasteiger partial charge < -0.3 is 10.5 Å². The van der Waals surface area contributed by atoms with Gasteiger partial charge in [0, 0.05) is 13.2 Å². The largest absolute Gasteiger partial charge is 0.384 e. The minimum absolute atomic E-state index is 0.324. The molecule has 0 radical (unpaired) electrons. The van der Waals surface area contributed by atoms with E-state index in [1.165, 1.54) is 19.3 Å². The van der Waals surface area contributed by atoms with Gasteiger partial charge in [-0.1, -0.05) is 47.0 Å². The molecule has 0 amide bonds. The Morgan fingerprint density at radius 3 is 1.80 bits per heavy atom. The van der Waals surface area contributed by atoms with Crippen molar-refractivity contribution in [2.24, 2.45) is 11.7 Å². The number of ether oxygens (including phenoxy) is 1. The van der Waals surface area contributed by atoms with Crippen molar-refractivity contribution in [2.75, 3.05) is 13.7 Å². The van der Waals surface area contributed by atoms with Crippen LogP contribution in [0.3, 0.4) is 0 Å². The van der Waals surface area contributed by atoms with Crippen LogP contribution >= 0.6 is 0 Å². The maximum absolute atomic E-state index is 5.95. The lowest BCUT2D eigenvalue weighted by molar-refractivity contribution is 0.134. The van der Waals surface area contributed by atoms with Gasteiger partial charge >= 0.3 is 0 Å². The van der Waals surface area contributed by atoms with Crippen LogP contribution in [0.2, 0.25) is 0 Å². The molecule has 0 saturated carbocycles. The molecule has 15 heavy (non-hydrogen) atoms. The molecule has 0 fully saturated rings. The average Bonchev–Trinajstić information content (AvgIpc) is 2.26. The minimum Gasteiger partial charge on any atom is -0.384 e. The van der Waals surface area contributed by atoms with Crippen LogP contribution in [-0.4, -0.2) is 19.8 Å². The zero-order valence-electron chi connectivity index (χ0n) is 11.4. The Labute approximate surface area is 96.6 Å². The van der Waals surface area contributed by atoms with E-state index >= 15 is 0 Å². The third-order valence-corrected chi connectivity index (χ3v) is 2.63.